The van der Waals surface area contributed by atoms with Crippen molar-refractivity contribution in [3.8, 4) is 0 Å². The molecule has 1 aromatic heterocycles. The van der Waals surface area contributed by atoms with E-state index in [4.69, 9.17) is 9.84 Å². The van der Waals surface area contributed by atoms with E-state index in [9.17, 15) is 13.2 Å². The third-order valence-electron chi connectivity index (χ3n) is 3.30. The van der Waals surface area contributed by atoms with E-state index < -0.39 is 16.0 Å². The molecule has 6 nitrogen and oxygen atoms in total. The Hall–Kier alpha value is -0.960. The van der Waals surface area contributed by atoms with Crippen LogP contribution in [0, 0.1) is 5.92 Å². The minimum atomic E-state index is -3.57. The zero-order valence-corrected chi connectivity index (χ0v) is 12.7. The zero-order valence-electron chi connectivity index (χ0n) is 11.0. The van der Waals surface area contributed by atoms with Gasteiger partial charge in [0.25, 0.3) is 0 Å². The SMILES string of the molecule is CC1OCCC1CNS(=O)(=O)c1ccc(CC(=O)O)s1. The molecule has 0 bridgehead atoms. The molecule has 2 rings (SSSR count). The highest BCUT2D eigenvalue weighted by molar-refractivity contribution is 7.91. The molecule has 2 heterocycles. The molecule has 0 spiro atoms. The first-order valence-corrected chi connectivity index (χ1v) is 8.60. The summed E-state index contributed by atoms with van der Waals surface area (Å²) in [6.07, 6.45) is 0.745. The van der Waals surface area contributed by atoms with Gasteiger partial charge in [0, 0.05) is 23.9 Å². The van der Waals surface area contributed by atoms with Crippen molar-refractivity contribution in [1.29, 1.82) is 0 Å². The largest absolute Gasteiger partial charge is 0.481 e. The van der Waals surface area contributed by atoms with E-state index in [2.05, 4.69) is 4.72 Å². The van der Waals surface area contributed by atoms with Gasteiger partial charge in [-0.15, -0.1) is 11.3 Å². The van der Waals surface area contributed by atoms with E-state index in [0.717, 1.165) is 17.8 Å². The van der Waals surface area contributed by atoms with Crippen molar-refractivity contribution in [2.24, 2.45) is 5.92 Å². The Morgan fingerprint density at radius 2 is 2.30 bits per heavy atom. The Labute approximate surface area is 121 Å². The van der Waals surface area contributed by atoms with Crippen LogP contribution in [0.1, 0.15) is 18.2 Å². The van der Waals surface area contributed by atoms with Gasteiger partial charge in [-0.2, -0.15) is 0 Å². The summed E-state index contributed by atoms with van der Waals surface area (Å²) in [6.45, 7) is 2.94. The van der Waals surface area contributed by atoms with Crippen LogP contribution < -0.4 is 4.72 Å². The highest BCUT2D eigenvalue weighted by atomic mass is 32.2. The Morgan fingerprint density at radius 3 is 2.90 bits per heavy atom. The fourth-order valence-corrected chi connectivity index (χ4v) is 4.56. The lowest BCUT2D eigenvalue weighted by Gasteiger charge is -2.14. The molecule has 0 radical (unpaired) electrons. The lowest BCUT2D eigenvalue weighted by molar-refractivity contribution is -0.136. The molecule has 0 aromatic carbocycles. The minimum absolute atomic E-state index is 0.0589. The molecular formula is C12H17NO5S2. The Morgan fingerprint density at radius 1 is 1.55 bits per heavy atom. The maximum absolute atomic E-state index is 12.1. The first-order valence-electron chi connectivity index (χ1n) is 6.30. The van der Waals surface area contributed by atoms with Crippen LogP contribution >= 0.6 is 11.3 Å². The van der Waals surface area contributed by atoms with E-state index in [1.54, 1.807) is 0 Å². The molecule has 20 heavy (non-hydrogen) atoms. The average Bonchev–Trinajstić information content (AvgIpc) is 2.95. The second-order valence-corrected chi connectivity index (χ2v) is 7.93. The van der Waals surface area contributed by atoms with Gasteiger partial charge in [-0.05, 0) is 25.5 Å². The van der Waals surface area contributed by atoms with Gasteiger partial charge in [-0.3, -0.25) is 4.79 Å². The number of thiophene rings is 1. The van der Waals surface area contributed by atoms with Gasteiger partial charge >= 0.3 is 5.97 Å². The number of carbonyl (C=O) groups is 1. The standard InChI is InChI=1S/C12H17NO5S2/c1-8-9(4-5-18-8)7-13-20(16,17)12-3-2-10(19-12)6-11(14)15/h2-3,8-9,13H,4-7H2,1H3,(H,14,15). The lowest BCUT2D eigenvalue weighted by Crippen LogP contribution is -2.31. The molecule has 0 amide bonds. The monoisotopic (exact) mass is 319 g/mol. The Balaban J connectivity index is 1.99. The fourth-order valence-electron chi connectivity index (χ4n) is 2.08. The molecule has 1 aliphatic heterocycles. The van der Waals surface area contributed by atoms with E-state index in [1.807, 2.05) is 6.92 Å². The number of rotatable bonds is 6. The van der Waals surface area contributed by atoms with Crippen LogP contribution in [0.4, 0.5) is 0 Å². The van der Waals surface area contributed by atoms with Crippen LogP contribution in [-0.2, 0) is 26.0 Å². The molecular weight excluding hydrogens is 302 g/mol. The molecule has 1 aliphatic rings. The smallest absolute Gasteiger partial charge is 0.308 e. The maximum Gasteiger partial charge on any atom is 0.308 e. The summed E-state index contributed by atoms with van der Waals surface area (Å²) in [6, 6.07) is 2.98. The van der Waals surface area contributed by atoms with Crippen LogP contribution in [-0.4, -0.2) is 38.7 Å². The van der Waals surface area contributed by atoms with Crippen molar-refractivity contribution in [3.63, 3.8) is 0 Å². The number of sulfonamides is 1. The average molecular weight is 319 g/mol. The molecule has 1 fully saturated rings. The molecule has 1 saturated heterocycles. The van der Waals surface area contributed by atoms with Gasteiger partial charge < -0.3 is 9.84 Å². The molecule has 112 valence electrons. The summed E-state index contributed by atoms with van der Waals surface area (Å²) in [5, 5.41) is 8.68. The highest BCUT2D eigenvalue weighted by Gasteiger charge is 2.26. The molecule has 0 aliphatic carbocycles. The second kappa shape index (κ2) is 6.21. The van der Waals surface area contributed by atoms with Gasteiger partial charge in [-0.25, -0.2) is 13.1 Å². The van der Waals surface area contributed by atoms with Crippen molar-refractivity contribution < 1.29 is 23.1 Å². The van der Waals surface area contributed by atoms with Crippen LogP contribution in [0.2, 0.25) is 0 Å². The van der Waals surface area contributed by atoms with Crippen molar-refractivity contribution in [2.75, 3.05) is 13.2 Å². The number of carboxylic acids is 1. The number of aliphatic carboxylic acids is 1. The highest BCUT2D eigenvalue weighted by Crippen LogP contribution is 2.24. The number of ether oxygens (including phenoxy) is 1. The number of hydrogen-bond acceptors (Lipinski definition) is 5. The van der Waals surface area contributed by atoms with Crippen LogP contribution in [0.25, 0.3) is 0 Å². The molecule has 8 heteroatoms. The fraction of sp³-hybridized carbons (Fsp3) is 0.583. The van der Waals surface area contributed by atoms with Gasteiger partial charge in [-0.1, -0.05) is 0 Å². The van der Waals surface area contributed by atoms with Crippen molar-refractivity contribution in [3.05, 3.63) is 17.0 Å². The number of nitrogens with one attached hydrogen (secondary N) is 1. The first kappa shape index (κ1) is 15.4. The van der Waals surface area contributed by atoms with E-state index in [1.165, 1.54) is 12.1 Å². The zero-order chi connectivity index (χ0) is 14.8. The molecule has 2 atom stereocenters. The van der Waals surface area contributed by atoms with Crippen LogP contribution in [0.15, 0.2) is 16.3 Å². The third kappa shape index (κ3) is 3.78. The van der Waals surface area contributed by atoms with Crippen LogP contribution in [0.3, 0.4) is 0 Å². The Kier molecular flexibility index (Phi) is 4.79. The van der Waals surface area contributed by atoms with Gasteiger partial charge in [0.1, 0.15) is 4.21 Å². The summed E-state index contributed by atoms with van der Waals surface area (Å²) in [4.78, 5) is 11.1. The van der Waals surface area contributed by atoms with Crippen molar-refractivity contribution in [1.82, 2.24) is 4.72 Å². The molecule has 0 saturated carbocycles. The summed E-state index contributed by atoms with van der Waals surface area (Å²) in [5.41, 5.74) is 0. The maximum atomic E-state index is 12.1. The van der Waals surface area contributed by atoms with Gasteiger partial charge in [0.05, 0.1) is 12.5 Å². The predicted molar refractivity (Wildman–Crippen MR) is 74.4 cm³/mol. The molecule has 1 aromatic rings. The summed E-state index contributed by atoms with van der Waals surface area (Å²) < 4.78 is 32.3. The first-order chi connectivity index (χ1) is 9.38. The Bertz CT molecular complexity index is 580. The third-order valence-corrected chi connectivity index (χ3v) is 6.30. The second-order valence-electron chi connectivity index (χ2n) is 4.77. The normalized spacial score (nSPS) is 23.1. The summed E-state index contributed by atoms with van der Waals surface area (Å²) in [5.74, 6) is -0.788. The topological polar surface area (TPSA) is 92.7 Å². The predicted octanol–water partition coefficient (Wildman–Crippen LogP) is 1.08. The van der Waals surface area contributed by atoms with E-state index in [-0.39, 0.29) is 22.7 Å². The van der Waals surface area contributed by atoms with Gasteiger partial charge in [0.15, 0.2) is 0 Å². The van der Waals surface area contributed by atoms with E-state index in [0.29, 0.717) is 18.0 Å². The quantitative estimate of drug-likeness (QED) is 0.818. The van der Waals surface area contributed by atoms with Gasteiger partial charge in [0.2, 0.25) is 10.0 Å². The number of carboxylic acid groups (broad SMARTS) is 1. The van der Waals surface area contributed by atoms with E-state index >= 15 is 0 Å². The van der Waals surface area contributed by atoms with Crippen molar-refractivity contribution in [2.45, 2.75) is 30.1 Å². The number of hydrogen-bond donors (Lipinski definition) is 2. The minimum Gasteiger partial charge on any atom is -0.481 e. The van der Waals surface area contributed by atoms with Crippen molar-refractivity contribution >= 4 is 27.3 Å². The summed E-state index contributed by atoms with van der Waals surface area (Å²) in [7, 11) is -3.57. The molecule has 2 N–H and O–H groups in total. The summed E-state index contributed by atoms with van der Waals surface area (Å²) >= 11 is 0.989. The van der Waals surface area contributed by atoms with Crippen LogP contribution in [0.5, 0.6) is 0 Å². The lowest BCUT2D eigenvalue weighted by atomic mass is 10.0. The molecule has 2 unspecified atom stereocenters.